The van der Waals surface area contributed by atoms with Crippen LogP contribution in [-0.2, 0) is 11.4 Å². The third-order valence-electron chi connectivity index (χ3n) is 4.52. The third kappa shape index (κ3) is 3.99. The lowest BCUT2D eigenvalue weighted by Gasteiger charge is -2.35. The first-order valence-corrected chi connectivity index (χ1v) is 10.4. The van der Waals surface area contributed by atoms with Gasteiger partial charge in [0.25, 0.3) is 5.88 Å². The SMILES string of the molecule is CCN(C(C)c1cc(-c2cn3ccnc3c(OC)n2)ccn1)[S@+]([O-])C(C)(C)C. The van der Waals surface area contributed by atoms with E-state index in [4.69, 9.17) is 4.74 Å². The zero-order valence-corrected chi connectivity index (χ0v) is 18.0. The molecule has 8 heteroatoms. The molecule has 0 N–H and O–H groups in total. The van der Waals surface area contributed by atoms with E-state index in [1.165, 1.54) is 0 Å². The molecule has 150 valence electrons. The van der Waals surface area contributed by atoms with Crippen LogP contribution in [0.3, 0.4) is 0 Å². The number of methoxy groups -OCH3 is 1. The Morgan fingerprint density at radius 2 is 2.04 bits per heavy atom. The summed E-state index contributed by atoms with van der Waals surface area (Å²) in [6.07, 6.45) is 7.25. The molecular weight excluding hydrogens is 374 g/mol. The summed E-state index contributed by atoms with van der Waals surface area (Å²) in [5.74, 6) is 0.470. The molecular formula is C20H27N5O2S. The maximum atomic E-state index is 12.9. The smallest absolute Gasteiger partial charge is 0.258 e. The summed E-state index contributed by atoms with van der Waals surface area (Å²) in [5.41, 5.74) is 3.21. The molecule has 0 aliphatic carbocycles. The van der Waals surface area contributed by atoms with E-state index < -0.39 is 11.4 Å². The van der Waals surface area contributed by atoms with E-state index in [9.17, 15) is 4.55 Å². The number of imidazole rings is 1. The summed E-state index contributed by atoms with van der Waals surface area (Å²) in [6.45, 7) is 10.7. The highest BCUT2D eigenvalue weighted by Gasteiger charge is 2.36. The molecule has 0 amide bonds. The monoisotopic (exact) mass is 401 g/mol. The average molecular weight is 402 g/mol. The van der Waals surface area contributed by atoms with Gasteiger partial charge >= 0.3 is 0 Å². The highest BCUT2D eigenvalue weighted by molar-refractivity contribution is 7.90. The van der Waals surface area contributed by atoms with Crippen molar-refractivity contribution in [3.05, 3.63) is 42.6 Å². The summed E-state index contributed by atoms with van der Waals surface area (Å²) in [7, 11) is 1.59. The molecule has 1 unspecified atom stereocenters. The van der Waals surface area contributed by atoms with Crippen LogP contribution < -0.4 is 4.74 Å². The molecule has 0 fully saturated rings. The second kappa shape index (κ2) is 8.06. The van der Waals surface area contributed by atoms with Gasteiger partial charge in [-0.3, -0.25) is 4.98 Å². The third-order valence-corrected chi connectivity index (χ3v) is 6.57. The Morgan fingerprint density at radius 1 is 1.29 bits per heavy atom. The number of pyridine rings is 1. The Bertz CT molecular complexity index is 953. The molecule has 28 heavy (non-hydrogen) atoms. The van der Waals surface area contributed by atoms with Crippen molar-refractivity contribution in [3.63, 3.8) is 0 Å². The maximum absolute atomic E-state index is 12.9. The lowest BCUT2D eigenvalue weighted by Crippen LogP contribution is -2.44. The first-order chi connectivity index (χ1) is 13.3. The van der Waals surface area contributed by atoms with Gasteiger partial charge in [-0.15, -0.1) is 4.31 Å². The molecule has 0 bridgehead atoms. The Morgan fingerprint density at radius 3 is 2.68 bits per heavy atom. The number of aromatic nitrogens is 4. The van der Waals surface area contributed by atoms with Crippen LogP contribution in [0.15, 0.2) is 36.9 Å². The first kappa shape index (κ1) is 20.6. The molecule has 3 aromatic rings. The fraction of sp³-hybridized carbons (Fsp3) is 0.450. The van der Waals surface area contributed by atoms with Crippen LogP contribution >= 0.6 is 0 Å². The number of fused-ring (bicyclic) bond motifs is 1. The summed E-state index contributed by atoms with van der Waals surface area (Å²) in [4.78, 5) is 13.4. The number of hydrogen-bond donors (Lipinski definition) is 0. The minimum absolute atomic E-state index is 0.0936. The number of ether oxygens (including phenoxy) is 1. The van der Waals surface area contributed by atoms with Crippen molar-refractivity contribution >= 4 is 17.0 Å². The molecule has 7 nitrogen and oxygen atoms in total. The van der Waals surface area contributed by atoms with Crippen LogP contribution in [0.2, 0.25) is 0 Å². The Balaban J connectivity index is 1.98. The predicted octanol–water partition coefficient (Wildman–Crippen LogP) is 3.65. The Kier molecular flexibility index (Phi) is 5.92. The number of nitrogens with zero attached hydrogens (tertiary/aromatic N) is 5. The summed E-state index contributed by atoms with van der Waals surface area (Å²) < 4.78 is 21.9. The molecule has 3 rings (SSSR count). The topological polar surface area (TPSA) is 78.6 Å². The lowest BCUT2D eigenvalue weighted by atomic mass is 10.1. The van der Waals surface area contributed by atoms with E-state index in [1.54, 1.807) is 19.5 Å². The highest BCUT2D eigenvalue weighted by atomic mass is 32.2. The Labute approximate surface area is 169 Å². The van der Waals surface area contributed by atoms with Crippen molar-refractivity contribution in [3.8, 4) is 17.1 Å². The van der Waals surface area contributed by atoms with Crippen LogP contribution in [0.25, 0.3) is 16.9 Å². The average Bonchev–Trinajstić information content (AvgIpc) is 3.15. The molecule has 2 atom stereocenters. The van der Waals surface area contributed by atoms with Crippen molar-refractivity contribution in [2.75, 3.05) is 13.7 Å². The number of hydrogen-bond acceptors (Lipinski definition) is 6. The van der Waals surface area contributed by atoms with Gasteiger partial charge in [0.05, 0.1) is 24.5 Å². The molecule has 0 spiro atoms. The van der Waals surface area contributed by atoms with E-state index in [2.05, 4.69) is 15.0 Å². The van der Waals surface area contributed by atoms with E-state index in [0.29, 0.717) is 18.1 Å². The second-order valence-electron chi connectivity index (χ2n) is 7.53. The molecule has 0 aromatic carbocycles. The maximum Gasteiger partial charge on any atom is 0.258 e. The largest absolute Gasteiger partial charge is 0.597 e. The van der Waals surface area contributed by atoms with Crippen molar-refractivity contribution in [2.24, 2.45) is 0 Å². The Hall–Kier alpha value is -2.16. The van der Waals surface area contributed by atoms with E-state index >= 15 is 0 Å². The van der Waals surface area contributed by atoms with Crippen molar-refractivity contribution in [1.29, 1.82) is 0 Å². The van der Waals surface area contributed by atoms with Crippen molar-refractivity contribution in [2.45, 2.75) is 45.4 Å². The highest BCUT2D eigenvalue weighted by Crippen LogP contribution is 2.30. The normalized spacial score (nSPS) is 14.4. The van der Waals surface area contributed by atoms with Crippen molar-refractivity contribution < 1.29 is 9.29 Å². The molecule has 0 saturated carbocycles. The van der Waals surface area contributed by atoms with E-state index in [0.717, 1.165) is 17.0 Å². The molecule has 0 aliphatic rings. The molecule has 3 aromatic heterocycles. The van der Waals surface area contributed by atoms with Crippen LogP contribution in [0.5, 0.6) is 5.88 Å². The zero-order chi connectivity index (χ0) is 20.5. The summed E-state index contributed by atoms with van der Waals surface area (Å²) in [5, 5.41) is 0. The summed E-state index contributed by atoms with van der Waals surface area (Å²) >= 11 is -1.13. The summed E-state index contributed by atoms with van der Waals surface area (Å²) in [6, 6.07) is 3.82. The van der Waals surface area contributed by atoms with Crippen LogP contribution in [0.1, 0.15) is 46.4 Å². The molecule has 3 heterocycles. The van der Waals surface area contributed by atoms with E-state index in [-0.39, 0.29) is 10.8 Å². The van der Waals surface area contributed by atoms with Gasteiger partial charge in [-0.2, -0.15) is 0 Å². The first-order valence-electron chi connectivity index (χ1n) is 9.29. The zero-order valence-electron chi connectivity index (χ0n) is 17.2. The molecule has 0 aliphatic heterocycles. The fourth-order valence-corrected chi connectivity index (χ4v) is 4.38. The quantitative estimate of drug-likeness (QED) is 0.587. The van der Waals surface area contributed by atoms with Gasteiger partial charge in [0.1, 0.15) is 4.75 Å². The molecule has 0 radical (unpaired) electrons. The van der Waals surface area contributed by atoms with Gasteiger partial charge in [0, 0.05) is 48.3 Å². The standard InChI is InChI=1S/C20H27N5O2S/c1-7-25(28(26)20(3,4)5)14(2)16-12-15(8-9-21-16)17-13-24-11-10-22-18(24)19(23-17)27-6/h8-14H,7H2,1-6H3/t14?,28-/m1/s1. The minimum atomic E-state index is -1.13. The van der Waals surface area contributed by atoms with Crippen LogP contribution in [0, 0.1) is 0 Å². The number of rotatable bonds is 6. The lowest BCUT2D eigenvalue weighted by molar-refractivity contribution is 0.339. The van der Waals surface area contributed by atoms with Gasteiger partial charge in [0.15, 0.2) is 5.65 Å². The second-order valence-corrected chi connectivity index (χ2v) is 9.73. The predicted molar refractivity (Wildman–Crippen MR) is 111 cm³/mol. The van der Waals surface area contributed by atoms with Gasteiger partial charge < -0.3 is 13.7 Å². The minimum Gasteiger partial charge on any atom is -0.597 e. The van der Waals surface area contributed by atoms with Crippen LogP contribution in [0.4, 0.5) is 0 Å². The van der Waals surface area contributed by atoms with Crippen molar-refractivity contribution in [1.82, 2.24) is 23.7 Å². The van der Waals surface area contributed by atoms with Crippen LogP contribution in [-0.4, -0.2) is 46.6 Å². The van der Waals surface area contributed by atoms with E-state index in [1.807, 2.05) is 67.9 Å². The molecule has 0 saturated heterocycles. The van der Waals surface area contributed by atoms with Gasteiger partial charge in [-0.05, 0) is 46.8 Å². The van der Waals surface area contributed by atoms with Gasteiger partial charge in [-0.25, -0.2) is 9.97 Å². The van der Waals surface area contributed by atoms with Gasteiger partial charge in [0.2, 0.25) is 0 Å². The fourth-order valence-electron chi connectivity index (χ4n) is 3.05. The van der Waals surface area contributed by atoms with Gasteiger partial charge in [-0.1, -0.05) is 0 Å².